The number of hydrogen-bond donors (Lipinski definition) is 1. The smallest absolute Gasteiger partial charge is 0.191 e. The van der Waals surface area contributed by atoms with Crippen molar-refractivity contribution in [1.82, 2.24) is 14.9 Å². The van der Waals surface area contributed by atoms with Crippen molar-refractivity contribution in [3.05, 3.63) is 34.4 Å². The van der Waals surface area contributed by atoms with Crippen LogP contribution in [0.15, 0.2) is 23.1 Å². The Kier molecular flexibility index (Phi) is 3.93. The number of rotatable bonds is 5. The summed E-state index contributed by atoms with van der Waals surface area (Å²) >= 11 is 0. The van der Waals surface area contributed by atoms with Crippen molar-refractivity contribution in [2.45, 2.75) is 43.7 Å². The van der Waals surface area contributed by atoms with Crippen molar-refractivity contribution in [3.8, 4) is 0 Å². The summed E-state index contributed by atoms with van der Waals surface area (Å²) in [6.07, 6.45) is 2.08. The van der Waals surface area contributed by atoms with Gasteiger partial charge in [-0.1, -0.05) is 0 Å². The molecule has 5 nitrogen and oxygen atoms in total. The number of hydrogen-bond acceptors (Lipinski definition) is 4. The van der Waals surface area contributed by atoms with E-state index in [4.69, 9.17) is 0 Å². The first-order valence-electron chi connectivity index (χ1n) is 9.49. The zero-order valence-corrected chi connectivity index (χ0v) is 14.7. The van der Waals surface area contributed by atoms with Crippen LogP contribution >= 0.6 is 0 Å². The fraction of sp³-hybridized carbons (Fsp3) is 0.579. The maximum absolute atomic E-state index is 14.7. The number of aromatic nitrogens is 2. The SMILES string of the molecule is O=c1ccn([C@@H]2C[C@@H]2F)c2nc(N3C[C@H](CNC4CC4)[C@H](F)C3)c(F)cc12. The highest BCUT2D eigenvalue weighted by atomic mass is 19.1. The highest BCUT2D eigenvalue weighted by molar-refractivity contribution is 5.77. The summed E-state index contributed by atoms with van der Waals surface area (Å²) in [5.41, 5.74) is -0.0921. The molecule has 8 heteroatoms. The molecule has 2 aliphatic carbocycles. The molecule has 1 N–H and O–H groups in total. The van der Waals surface area contributed by atoms with E-state index in [1.54, 1.807) is 9.47 Å². The summed E-state index contributed by atoms with van der Waals surface area (Å²) in [6.45, 7) is 0.995. The lowest BCUT2D eigenvalue weighted by Gasteiger charge is -2.19. The van der Waals surface area contributed by atoms with E-state index in [2.05, 4.69) is 10.3 Å². The Morgan fingerprint density at radius 1 is 1.22 bits per heavy atom. The minimum atomic E-state index is -1.07. The lowest BCUT2D eigenvalue weighted by atomic mass is 10.1. The Morgan fingerprint density at radius 3 is 2.70 bits per heavy atom. The molecule has 2 aromatic rings. The Balaban J connectivity index is 1.47. The maximum Gasteiger partial charge on any atom is 0.191 e. The molecule has 1 aliphatic heterocycles. The molecule has 3 heterocycles. The molecule has 0 amide bonds. The molecule has 5 rings (SSSR count). The molecule has 0 radical (unpaired) electrons. The number of pyridine rings is 2. The minimum absolute atomic E-state index is 0.0366. The highest BCUT2D eigenvalue weighted by Crippen LogP contribution is 2.40. The molecule has 144 valence electrons. The van der Waals surface area contributed by atoms with Gasteiger partial charge in [-0.05, 0) is 18.9 Å². The van der Waals surface area contributed by atoms with Crippen molar-refractivity contribution >= 4 is 16.9 Å². The van der Waals surface area contributed by atoms with Crippen LogP contribution in [0.25, 0.3) is 11.0 Å². The van der Waals surface area contributed by atoms with Crippen LogP contribution in [-0.4, -0.2) is 47.6 Å². The number of anilines is 1. The van der Waals surface area contributed by atoms with Crippen LogP contribution in [0.5, 0.6) is 0 Å². The fourth-order valence-electron chi connectivity index (χ4n) is 3.89. The molecule has 0 aromatic carbocycles. The van der Waals surface area contributed by atoms with Crippen LogP contribution in [0, 0.1) is 11.7 Å². The Morgan fingerprint density at radius 2 is 2.00 bits per heavy atom. The van der Waals surface area contributed by atoms with Crippen LogP contribution < -0.4 is 15.6 Å². The van der Waals surface area contributed by atoms with Gasteiger partial charge in [0.15, 0.2) is 17.1 Å². The molecular formula is C19H21F3N4O. The van der Waals surface area contributed by atoms with Crippen molar-refractivity contribution in [2.24, 2.45) is 5.92 Å². The summed E-state index contributed by atoms with van der Waals surface area (Å²) in [7, 11) is 0. The molecule has 1 saturated heterocycles. The van der Waals surface area contributed by atoms with E-state index in [1.165, 1.54) is 12.3 Å². The second-order valence-electron chi connectivity index (χ2n) is 7.93. The Bertz CT molecular complexity index is 944. The molecule has 3 aliphatic rings. The third-order valence-corrected chi connectivity index (χ3v) is 5.78. The number of alkyl halides is 2. The van der Waals surface area contributed by atoms with Gasteiger partial charge in [-0.2, -0.15) is 0 Å². The molecule has 2 aromatic heterocycles. The quantitative estimate of drug-likeness (QED) is 0.868. The minimum Gasteiger partial charge on any atom is -0.351 e. The zero-order chi connectivity index (χ0) is 18.7. The molecule has 3 fully saturated rings. The van der Waals surface area contributed by atoms with Crippen LogP contribution in [0.1, 0.15) is 25.3 Å². The molecule has 0 unspecified atom stereocenters. The van der Waals surface area contributed by atoms with E-state index >= 15 is 0 Å². The molecule has 4 atom stereocenters. The summed E-state index contributed by atoms with van der Waals surface area (Å²) in [6, 6.07) is 2.57. The van der Waals surface area contributed by atoms with Gasteiger partial charge in [0.2, 0.25) is 0 Å². The van der Waals surface area contributed by atoms with Gasteiger partial charge < -0.3 is 14.8 Å². The van der Waals surface area contributed by atoms with E-state index in [-0.39, 0.29) is 40.8 Å². The van der Waals surface area contributed by atoms with Crippen LogP contribution in [0.4, 0.5) is 19.0 Å². The van der Waals surface area contributed by atoms with E-state index in [9.17, 15) is 18.0 Å². The largest absolute Gasteiger partial charge is 0.351 e. The second kappa shape index (κ2) is 6.22. The van der Waals surface area contributed by atoms with Gasteiger partial charge in [0.25, 0.3) is 0 Å². The number of halogens is 3. The normalized spacial score (nSPS) is 30.3. The summed E-state index contributed by atoms with van der Waals surface area (Å²) in [5, 5.41) is 3.45. The third kappa shape index (κ3) is 3.09. The van der Waals surface area contributed by atoms with Crippen molar-refractivity contribution in [2.75, 3.05) is 24.5 Å². The molecular weight excluding hydrogens is 357 g/mol. The number of nitrogens with zero attached hydrogens (tertiary/aromatic N) is 3. The van der Waals surface area contributed by atoms with Gasteiger partial charge in [-0.3, -0.25) is 4.79 Å². The molecule has 27 heavy (non-hydrogen) atoms. The monoisotopic (exact) mass is 378 g/mol. The first-order valence-corrected chi connectivity index (χ1v) is 9.49. The average Bonchev–Trinajstić information content (AvgIpc) is 3.55. The maximum atomic E-state index is 14.7. The average molecular weight is 378 g/mol. The summed E-state index contributed by atoms with van der Waals surface area (Å²) in [5.74, 6) is -0.832. The number of fused-ring (bicyclic) bond motifs is 1. The predicted molar refractivity (Wildman–Crippen MR) is 96.1 cm³/mol. The first-order chi connectivity index (χ1) is 13.0. The first kappa shape index (κ1) is 17.0. The van der Waals surface area contributed by atoms with Crippen LogP contribution in [0.3, 0.4) is 0 Å². The van der Waals surface area contributed by atoms with Gasteiger partial charge in [0, 0.05) is 43.7 Å². The van der Waals surface area contributed by atoms with Gasteiger partial charge >= 0.3 is 0 Å². The second-order valence-corrected chi connectivity index (χ2v) is 7.93. The lowest BCUT2D eigenvalue weighted by molar-refractivity contribution is 0.276. The van der Waals surface area contributed by atoms with E-state index in [0.717, 1.165) is 18.9 Å². The Labute approximate surface area is 154 Å². The van der Waals surface area contributed by atoms with Gasteiger partial charge in [-0.25, -0.2) is 18.2 Å². The number of nitrogens with one attached hydrogen (secondary N) is 1. The van der Waals surface area contributed by atoms with Crippen LogP contribution in [-0.2, 0) is 0 Å². The lowest BCUT2D eigenvalue weighted by Crippen LogP contribution is -2.30. The Hall–Kier alpha value is -2.09. The summed E-state index contributed by atoms with van der Waals surface area (Å²) in [4.78, 5) is 18.1. The van der Waals surface area contributed by atoms with E-state index < -0.39 is 18.2 Å². The van der Waals surface area contributed by atoms with E-state index in [0.29, 0.717) is 25.6 Å². The van der Waals surface area contributed by atoms with Gasteiger partial charge in [0.05, 0.1) is 18.0 Å². The standard InChI is InChI=1S/C19H21F3N4O/c20-13-6-16(13)26-4-3-17(27)12-5-14(21)19(24-18(12)26)25-8-10(15(22)9-25)7-23-11-1-2-11/h3-5,10-11,13,15-16,23H,1-2,6-9H2/t10-,13-,15+,16+/m0/s1. The fourth-order valence-corrected chi connectivity index (χ4v) is 3.89. The van der Waals surface area contributed by atoms with Gasteiger partial charge in [-0.15, -0.1) is 0 Å². The van der Waals surface area contributed by atoms with Gasteiger partial charge in [0.1, 0.15) is 18.0 Å². The van der Waals surface area contributed by atoms with Crippen molar-refractivity contribution in [3.63, 3.8) is 0 Å². The zero-order valence-electron chi connectivity index (χ0n) is 14.7. The van der Waals surface area contributed by atoms with Crippen LogP contribution in [0.2, 0.25) is 0 Å². The topological polar surface area (TPSA) is 50.2 Å². The molecule has 2 saturated carbocycles. The molecule has 0 bridgehead atoms. The predicted octanol–water partition coefficient (Wildman–Crippen LogP) is 2.34. The molecule has 0 spiro atoms. The van der Waals surface area contributed by atoms with Crippen molar-refractivity contribution < 1.29 is 13.2 Å². The summed E-state index contributed by atoms with van der Waals surface area (Å²) < 4.78 is 44.3. The highest BCUT2D eigenvalue weighted by Gasteiger charge is 2.40. The van der Waals surface area contributed by atoms with Crippen molar-refractivity contribution in [1.29, 1.82) is 0 Å². The third-order valence-electron chi connectivity index (χ3n) is 5.78. The van der Waals surface area contributed by atoms with E-state index in [1.807, 2.05) is 0 Å².